The molecule has 186 valence electrons. The fourth-order valence-electron chi connectivity index (χ4n) is 5.02. The van der Waals surface area contributed by atoms with Crippen LogP contribution in [0.25, 0.3) is 0 Å². The van der Waals surface area contributed by atoms with Crippen LogP contribution >= 0.6 is 0 Å². The Hall–Kier alpha value is -3.02. The molecule has 2 amide bonds. The van der Waals surface area contributed by atoms with Crippen molar-refractivity contribution in [1.29, 1.82) is 0 Å². The van der Waals surface area contributed by atoms with E-state index in [1.165, 1.54) is 25.7 Å². The molecular formula is C29H38N4O2. The van der Waals surface area contributed by atoms with Crippen molar-refractivity contribution in [3.63, 3.8) is 0 Å². The highest BCUT2D eigenvalue weighted by Crippen LogP contribution is 2.25. The smallest absolute Gasteiger partial charge is 0.251 e. The van der Waals surface area contributed by atoms with Crippen molar-refractivity contribution in [2.75, 3.05) is 0 Å². The number of rotatable bonds is 7. The fraction of sp³-hybridized carbons (Fsp3) is 0.517. The van der Waals surface area contributed by atoms with Crippen LogP contribution in [0.15, 0.2) is 58.8 Å². The summed E-state index contributed by atoms with van der Waals surface area (Å²) in [6, 6.07) is 15.4. The van der Waals surface area contributed by atoms with Gasteiger partial charge in [-0.1, -0.05) is 26.0 Å². The van der Waals surface area contributed by atoms with Gasteiger partial charge in [0.2, 0.25) is 5.91 Å². The molecule has 0 radical (unpaired) electrons. The van der Waals surface area contributed by atoms with Crippen molar-refractivity contribution >= 4 is 23.2 Å². The number of hydrogen-bond acceptors (Lipinski definition) is 4. The number of amides is 2. The lowest BCUT2D eigenvalue weighted by Gasteiger charge is -2.26. The minimum Gasteiger partial charge on any atom is -0.353 e. The molecule has 0 aliphatic heterocycles. The first-order valence-electron chi connectivity index (χ1n) is 13.2. The Morgan fingerprint density at radius 3 is 1.66 bits per heavy atom. The molecule has 2 aliphatic carbocycles. The molecule has 35 heavy (non-hydrogen) atoms. The number of nitrogens with one attached hydrogen (secondary N) is 2. The summed E-state index contributed by atoms with van der Waals surface area (Å²) in [7, 11) is 0. The maximum Gasteiger partial charge on any atom is 0.251 e. The lowest BCUT2D eigenvalue weighted by atomic mass is 9.87. The molecule has 2 aromatic rings. The van der Waals surface area contributed by atoms with Crippen LogP contribution in [-0.2, 0) is 11.2 Å². The summed E-state index contributed by atoms with van der Waals surface area (Å²) in [5.74, 6) is 1.60. The van der Waals surface area contributed by atoms with Gasteiger partial charge in [0.15, 0.2) is 0 Å². The number of azo groups is 1. The van der Waals surface area contributed by atoms with Crippen LogP contribution in [0.1, 0.15) is 81.1 Å². The van der Waals surface area contributed by atoms with Gasteiger partial charge >= 0.3 is 0 Å². The van der Waals surface area contributed by atoms with E-state index in [4.69, 9.17) is 0 Å². The second kappa shape index (κ2) is 12.1. The van der Waals surface area contributed by atoms with Crippen molar-refractivity contribution in [3.05, 3.63) is 59.7 Å². The average molecular weight is 475 g/mol. The molecule has 2 N–H and O–H groups in total. The van der Waals surface area contributed by atoms with Crippen molar-refractivity contribution < 1.29 is 9.59 Å². The first-order valence-corrected chi connectivity index (χ1v) is 13.2. The highest BCUT2D eigenvalue weighted by molar-refractivity contribution is 5.94. The summed E-state index contributed by atoms with van der Waals surface area (Å²) in [5.41, 5.74) is 3.03. The minimum atomic E-state index is -0.0225. The summed E-state index contributed by atoms with van der Waals surface area (Å²) >= 11 is 0. The Morgan fingerprint density at radius 1 is 0.686 bits per heavy atom. The number of carbonyl (C=O) groups excluding carboxylic acids is 2. The molecule has 6 nitrogen and oxygen atoms in total. The maximum atomic E-state index is 12.5. The first-order chi connectivity index (χ1) is 16.9. The van der Waals surface area contributed by atoms with E-state index >= 15 is 0 Å². The van der Waals surface area contributed by atoms with Gasteiger partial charge in [-0.3, -0.25) is 9.59 Å². The number of hydrogen-bond donors (Lipinski definition) is 2. The monoisotopic (exact) mass is 474 g/mol. The lowest BCUT2D eigenvalue weighted by Crippen LogP contribution is -2.38. The van der Waals surface area contributed by atoms with E-state index < -0.39 is 0 Å². The zero-order chi connectivity index (χ0) is 24.6. The molecule has 2 aromatic carbocycles. The molecule has 0 saturated heterocycles. The van der Waals surface area contributed by atoms with Crippen LogP contribution in [0.4, 0.5) is 11.4 Å². The van der Waals surface area contributed by atoms with Gasteiger partial charge in [-0.15, -0.1) is 0 Å². The SMILES string of the molecule is CC1CCC(NC(=O)Cc2ccc(N=Nc3ccc(C(=O)NC4CCC(C)CC4)cc3)cc2)CC1. The summed E-state index contributed by atoms with van der Waals surface area (Å²) in [4.78, 5) is 24.9. The molecule has 4 rings (SSSR count). The van der Waals surface area contributed by atoms with Gasteiger partial charge < -0.3 is 10.6 Å². The second-order valence-corrected chi connectivity index (χ2v) is 10.5. The third kappa shape index (κ3) is 7.74. The van der Waals surface area contributed by atoms with E-state index in [1.54, 1.807) is 12.1 Å². The Labute approximate surface area is 209 Å². The standard InChI is InChI=1S/C29H38N4O2/c1-20-3-11-24(12-4-20)30-28(34)19-22-7-15-26(16-8-22)32-33-27-17-9-23(10-18-27)29(35)31-25-13-5-21(2)6-14-25/h7-10,15-18,20-21,24-25H,3-6,11-14,19H2,1-2H3,(H,30,34)(H,31,35). The topological polar surface area (TPSA) is 82.9 Å². The Balaban J connectivity index is 1.24. The maximum absolute atomic E-state index is 12.5. The summed E-state index contributed by atoms with van der Waals surface area (Å²) in [6.07, 6.45) is 9.41. The van der Waals surface area contributed by atoms with Gasteiger partial charge in [0, 0.05) is 17.6 Å². The molecule has 0 unspecified atom stereocenters. The first kappa shape index (κ1) is 25.1. The molecule has 2 saturated carbocycles. The molecular weight excluding hydrogens is 436 g/mol. The zero-order valence-electron chi connectivity index (χ0n) is 21.0. The molecule has 2 aliphatic rings. The van der Waals surface area contributed by atoms with Crippen LogP contribution in [0.3, 0.4) is 0 Å². The number of nitrogens with zero attached hydrogens (tertiary/aromatic N) is 2. The van der Waals surface area contributed by atoms with Crippen molar-refractivity contribution in [3.8, 4) is 0 Å². The van der Waals surface area contributed by atoms with Gasteiger partial charge in [-0.25, -0.2) is 0 Å². The molecule has 0 atom stereocenters. The molecule has 0 bridgehead atoms. The zero-order valence-corrected chi connectivity index (χ0v) is 21.0. The van der Waals surface area contributed by atoms with Crippen LogP contribution < -0.4 is 10.6 Å². The minimum absolute atomic E-state index is 0.0225. The van der Waals surface area contributed by atoms with Gasteiger partial charge in [-0.2, -0.15) is 10.2 Å². The second-order valence-electron chi connectivity index (χ2n) is 10.5. The van der Waals surface area contributed by atoms with E-state index in [0.29, 0.717) is 23.7 Å². The van der Waals surface area contributed by atoms with E-state index in [-0.39, 0.29) is 17.9 Å². The van der Waals surface area contributed by atoms with Gasteiger partial charge in [0.05, 0.1) is 17.8 Å². The molecule has 6 heteroatoms. The van der Waals surface area contributed by atoms with Crippen molar-refractivity contribution in [2.45, 2.75) is 83.7 Å². The van der Waals surface area contributed by atoms with Crippen molar-refractivity contribution in [2.24, 2.45) is 22.1 Å². The molecule has 2 fully saturated rings. The van der Waals surface area contributed by atoms with Crippen molar-refractivity contribution in [1.82, 2.24) is 10.6 Å². The van der Waals surface area contributed by atoms with E-state index in [2.05, 4.69) is 34.7 Å². The van der Waals surface area contributed by atoms with Crippen LogP contribution in [-0.4, -0.2) is 23.9 Å². The van der Waals surface area contributed by atoms with E-state index in [1.807, 2.05) is 36.4 Å². The quantitative estimate of drug-likeness (QED) is 0.441. The average Bonchev–Trinajstić information content (AvgIpc) is 2.87. The van der Waals surface area contributed by atoms with Crippen LogP contribution in [0.5, 0.6) is 0 Å². The normalized spacial score (nSPS) is 24.7. The molecule has 0 aromatic heterocycles. The van der Waals surface area contributed by atoms with Crippen LogP contribution in [0, 0.1) is 11.8 Å². The van der Waals surface area contributed by atoms with E-state index in [9.17, 15) is 9.59 Å². The summed E-state index contributed by atoms with van der Waals surface area (Å²) in [5, 5.41) is 14.9. The fourth-order valence-corrected chi connectivity index (χ4v) is 5.02. The van der Waals surface area contributed by atoms with Gasteiger partial charge in [0.25, 0.3) is 5.91 Å². The predicted molar refractivity (Wildman–Crippen MR) is 139 cm³/mol. The Bertz CT molecular complexity index is 1000. The molecule has 0 heterocycles. The number of benzene rings is 2. The highest BCUT2D eigenvalue weighted by Gasteiger charge is 2.21. The largest absolute Gasteiger partial charge is 0.353 e. The third-order valence-corrected chi connectivity index (χ3v) is 7.44. The van der Waals surface area contributed by atoms with E-state index in [0.717, 1.165) is 48.8 Å². The lowest BCUT2D eigenvalue weighted by molar-refractivity contribution is -0.121. The molecule has 0 spiro atoms. The summed E-state index contributed by atoms with van der Waals surface area (Å²) < 4.78 is 0. The Kier molecular flexibility index (Phi) is 8.67. The van der Waals surface area contributed by atoms with Crippen LogP contribution in [0.2, 0.25) is 0 Å². The van der Waals surface area contributed by atoms with Gasteiger partial charge in [-0.05, 0) is 105 Å². The van der Waals surface area contributed by atoms with Gasteiger partial charge in [0.1, 0.15) is 0 Å². The number of carbonyl (C=O) groups is 2. The Morgan fingerprint density at radius 2 is 1.14 bits per heavy atom. The predicted octanol–water partition coefficient (Wildman–Crippen LogP) is 6.65. The third-order valence-electron chi connectivity index (χ3n) is 7.44. The summed E-state index contributed by atoms with van der Waals surface area (Å²) in [6.45, 7) is 4.56. The highest BCUT2D eigenvalue weighted by atomic mass is 16.2.